The van der Waals surface area contributed by atoms with Gasteiger partial charge >= 0.3 is 0 Å². The Balaban J connectivity index is 1.87. The fourth-order valence-corrected chi connectivity index (χ4v) is 2.39. The van der Waals surface area contributed by atoms with Crippen LogP contribution in [0, 0.1) is 5.82 Å². The molecule has 106 valence electrons. The molecule has 0 amide bonds. The number of rotatable bonds is 3. The summed E-state index contributed by atoms with van der Waals surface area (Å²) in [6.45, 7) is 0. The molecule has 0 unspecified atom stereocenters. The molecule has 0 aliphatic carbocycles. The maximum absolute atomic E-state index is 13.1. The Hall–Kier alpha value is -1.84. The molecule has 3 aromatic rings. The predicted octanol–water partition coefficient (Wildman–Crippen LogP) is 5.30. The van der Waals surface area contributed by atoms with E-state index in [1.54, 1.807) is 18.2 Å². The Morgan fingerprint density at radius 1 is 1.05 bits per heavy atom. The van der Waals surface area contributed by atoms with Crippen LogP contribution in [0.2, 0.25) is 10.0 Å². The minimum Gasteiger partial charge on any atom is -0.453 e. The van der Waals surface area contributed by atoms with Crippen LogP contribution in [0.25, 0.3) is 11.0 Å². The molecule has 0 saturated carbocycles. The van der Waals surface area contributed by atoms with Crippen LogP contribution in [-0.4, -0.2) is 5.78 Å². The fraction of sp³-hybridized carbons (Fsp3) is 0.0625. The summed E-state index contributed by atoms with van der Waals surface area (Å²) < 4.78 is 18.6. The molecule has 3 rings (SSSR count). The zero-order valence-corrected chi connectivity index (χ0v) is 12.2. The first-order chi connectivity index (χ1) is 10.0. The Labute approximate surface area is 130 Å². The Bertz CT molecular complexity index is 839. The molecule has 0 aliphatic heterocycles. The van der Waals surface area contributed by atoms with Crippen molar-refractivity contribution in [3.8, 4) is 0 Å². The second-order valence-corrected chi connectivity index (χ2v) is 5.46. The Morgan fingerprint density at radius 2 is 1.86 bits per heavy atom. The van der Waals surface area contributed by atoms with Gasteiger partial charge in [-0.3, -0.25) is 4.79 Å². The summed E-state index contributed by atoms with van der Waals surface area (Å²) in [5, 5.41) is 1.40. The quantitative estimate of drug-likeness (QED) is 0.612. The van der Waals surface area contributed by atoms with E-state index in [0.29, 0.717) is 21.0 Å². The molecule has 0 bridgehead atoms. The van der Waals surface area contributed by atoms with Crippen LogP contribution < -0.4 is 0 Å². The van der Waals surface area contributed by atoms with Gasteiger partial charge in [-0.1, -0.05) is 29.3 Å². The molecular weight excluding hydrogens is 314 g/mol. The molecular formula is C16H9Cl2FO2. The van der Waals surface area contributed by atoms with Gasteiger partial charge in [-0.05, 0) is 42.0 Å². The van der Waals surface area contributed by atoms with Crippen LogP contribution in [0.15, 0.2) is 46.9 Å². The maximum Gasteiger partial charge on any atom is 0.202 e. The third-order valence-electron chi connectivity index (χ3n) is 3.10. The second kappa shape index (κ2) is 5.51. The zero-order valence-electron chi connectivity index (χ0n) is 10.7. The van der Waals surface area contributed by atoms with Gasteiger partial charge < -0.3 is 4.42 Å². The van der Waals surface area contributed by atoms with Gasteiger partial charge in [0.25, 0.3) is 0 Å². The summed E-state index contributed by atoms with van der Waals surface area (Å²) in [5.74, 6) is -0.376. The molecule has 1 aromatic heterocycles. The molecule has 21 heavy (non-hydrogen) atoms. The molecule has 0 radical (unpaired) electrons. The summed E-state index contributed by atoms with van der Waals surface area (Å²) in [7, 11) is 0. The second-order valence-electron chi connectivity index (χ2n) is 4.64. The summed E-state index contributed by atoms with van der Waals surface area (Å²) in [6.07, 6.45) is 0.138. The average molecular weight is 323 g/mol. The van der Waals surface area contributed by atoms with Gasteiger partial charge in [0.2, 0.25) is 5.78 Å². The minimum atomic E-state index is -0.369. The SMILES string of the molecule is O=C(Cc1ccc(Cl)c(Cl)c1)c1cc2cc(F)ccc2o1. The zero-order chi connectivity index (χ0) is 15.0. The summed E-state index contributed by atoms with van der Waals surface area (Å²) in [4.78, 5) is 12.2. The molecule has 0 saturated heterocycles. The van der Waals surface area contributed by atoms with Crippen molar-refractivity contribution in [3.05, 3.63) is 69.7 Å². The van der Waals surface area contributed by atoms with Gasteiger partial charge in [-0.2, -0.15) is 0 Å². The van der Waals surface area contributed by atoms with E-state index in [-0.39, 0.29) is 23.8 Å². The fourth-order valence-electron chi connectivity index (χ4n) is 2.07. The monoisotopic (exact) mass is 322 g/mol. The molecule has 5 heteroatoms. The van der Waals surface area contributed by atoms with Crippen LogP contribution in [0.4, 0.5) is 4.39 Å². The van der Waals surface area contributed by atoms with Crippen LogP contribution in [0.1, 0.15) is 16.1 Å². The molecule has 0 N–H and O–H groups in total. The molecule has 0 aliphatic rings. The van der Waals surface area contributed by atoms with E-state index in [1.165, 1.54) is 24.3 Å². The lowest BCUT2D eigenvalue weighted by Gasteiger charge is -2.01. The van der Waals surface area contributed by atoms with Gasteiger partial charge in [0.15, 0.2) is 5.76 Å². The van der Waals surface area contributed by atoms with Gasteiger partial charge in [0.1, 0.15) is 11.4 Å². The minimum absolute atomic E-state index is 0.138. The predicted molar refractivity (Wildman–Crippen MR) is 80.7 cm³/mol. The highest BCUT2D eigenvalue weighted by Gasteiger charge is 2.14. The Morgan fingerprint density at radius 3 is 2.62 bits per heavy atom. The topological polar surface area (TPSA) is 30.2 Å². The van der Waals surface area contributed by atoms with Crippen molar-refractivity contribution in [1.82, 2.24) is 0 Å². The number of carbonyl (C=O) groups is 1. The largest absolute Gasteiger partial charge is 0.453 e. The summed E-state index contributed by atoms with van der Waals surface area (Å²) in [5.41, 5.74) is 1.22. The third-order valence-corrected chi connectivity index (χ3v) is 3.84. The first-order valence-corrected chi connectivity index (χ1v) is 6.95. The van der Waals surface area contributed by atoms with Crippen molar-refractivity contribution in [2.75, 3.05) is 0 Å². The van der Waals surface area contributed by atoms with Gasteiger partial charge in [0, 0.05) is 11.8 Å². The van der Waals surface area contributed by atoms with Crippen LogP contribution >= 0.6 is 23.2 Å². The lowest BCUT2D eigenvalue weighted by molar-refractivity contribution is 0.0968. The number of halogens is 3. The Kier molecular flexibility index (Phi) is 3.70. The highest BCUT2D eigenvalue weighted by Crippen LogP contribution is 2.25. The van der Waals surface area contributed by atoms with E-state index in [9.17, 15) is 9.18 Å². The van der Waals surface area contributed by atoms with Gasteiger partial charge in [0.05, 0.1) is 10.0 Å². The third kappa shape index (κ3) is 2.94. The van der Waals surface area contributed by atoms with Crippen molar-refractivity contribution in [2.45, 2.75) is 6.42 Å². The van der Waals surface area contributed by atoms with Gasteiger partial charge in [-0.15, -0.1) is 0 Å². The number of furan rings is 1. The maximum atomic E-state index is 13.1. The lowest BCUT2D eigenvalue weighted by atomic mass is 10.1. The highest BCUT2D eigenvalue weighted by atomic mass is 35.5. The smallest absolute Gasteiger partial charge is 0.202 e. The first kappa shape index (κ1) is 14.1. The lowest BCUT2D eigenvalue weighted by Crippen LogP contribution is -2.01. The molecule has 1 heterocycles. The van der Waals surface area contributed by atoms with Crippen LogP contribution in [0.5, 0.6) is 0 Å². The molecule has 0 fully saturated rings. The van der Waals surface area contributed by atoms with Crippen molar-refractivity contribution >= 4 is 40.0 Å². The van der Waals surface area contributed by atoms with Crippen LogP contribution in [-0.2, 0) is 6.42 Å². The normalized spacial score (nSPS) is 11.0. The standard InChI is InChI=1S/C16H9Cl2FO2/c17-12-3-1-9(5-13(12)18)6-14(20)16-8-10-7-11(19)2-4-15(10)21-16/h1-5,7-8H,6H2. The number of fused-ring (bicyclic) bond motifs is 1. The van der Waals surface area contributed by atoms with E-state index in [4.69, 9.17) is 27.6 Å². The van der Waals surface area contributed by atoms with E-state index >= 15 is 0 Å². The van der Waals surface area contributed by atoms with E-state index < -0.39 is 0 Å². The molecule has 0 spiro atoms. The molecule has 2 aromatic carbocycles. The number of Topliss-reactive ketones (excluding diaryl/α,β-unsaturated/α-hetero) is 1. The van der Waals surface area contributed by atoms with E-state index in [1.807, 2.05) is 0 Å². The first-order valence-electron chi connectivity index (χ1n) is 6.19. The number of carbonyl (C=O) groups excluding carboxylic acids is 1. The highest BCUT2D eigenvalue weighted by molar-refractivity contribution is 6.42. The molecule has 2 nitrogen and oxygen atoms in total. The number of hydrogen-bond donors (Lipinski definition) is 0. The number of ketones is 1. The van der Waals surface area contributed by atoms with E-state index in [0.717, 1.165) is 5.56 Å². The van der Waals surface area contributed by atoms with Crippen LogP contribution in [0.3, 0.4) is 0 Å². The molecule has 0 atom stereocenters. The van der Waals surface area contributed by atoms with Crippen molar-refractivity contribution < 1.29 is 13.6 Å². The number of hydrogen-bond acceptors (Lipinski definition) is 2. The van der Waals surface area contributed by atoms with Crippen molar-refractivity contribution in [3.63, 3.8) is 0 Å². The van der Waals surface area contributed by atoms with Crippen molar-refractivity contribution in [1.29, 1.82) is 0 Å². The number of benzene rings is 2. The summed E-state index contributed by atoms with van der Waals surface area (Å²) in [6, 6.07) is 10.7. The van der Waals surface area contributed by atoms with Crippen molar-refractivity contribution in [2.24, 2.45) is 0 Å². The summed E-state index contributed by atoms with van der Waals surface area (Å²) >= 11 is 11.7. The van der Waals surface area contributed by atoms with Gasteiger partial charge in [-0.25, -0.2) is 4.39 Å². The average Bonchev–Trinajstić information content (AvgIpc) is 2.86. The van der Waals surface area contributed by atoms with E-state index in [2.05, 4.69) is 0 Å².